The summed E-state index contributed by atoms with van der Waals surface area (Å²) in [4.78, 5) is 4.63. The number of fused-ring (bicyclic) bond motifs is 1. The molecular formula is C14H9Br2NS2. The molecule has 0 aliphatic carbocycles. The molecule has 0 saturated heterocycles. The van der Waals surface area contributed by atoms with Crippen LogP contribution in [0.5, 0.6) is 0 Å². The monoisotopic (exact) mass is 413 g/mol. The van der Waals surface area contributed by atoms with E-state index in [0.717, 1.165) is 24.6 Å². The average molecular weight is 415 g/mol. The SMILES string of the molecule is Brc1ccc(CSc2nc3ccccc3s2)c(Br)c1. The van der Waals surface area contributed by atoms with E-state index in [4.69, 9.17) is 0 Å². The maximum atomic E-state index is 4.63. The molecule has 0 N–H and O–H groups in total. The number of rotatable bonds is 3. The highest BCUT2D eigenvalue weighted by Gasteiger charge is 2.06. The first-order valence-corrected chi connectivity index (χ1v) is 9.03. The number of hydrogen-bond donors (Lipinski definition) is 0. The molecule has 0 aliphatic rings. The van der Waals surface area contributed by atoms with E-state index in [1.165, 1.54) is 10.3 Å². The standard InChI is InChI=1S/C14H9Br2NS2/c15-10-6-5-9(11(16)7-10)8-18-14-17-12-3-1-2-4-13(12)19-14/h1-7H,8H2. The first-order chi connectivity index (χ1) is 9.22. The fraction of sp³-hybridized carbons (Fsp3) is 0.0714. The molecule has 1 heterocycles. The Morgan fingerprint density at radius 1 is 1.11 bits per heavy atom. The Morgan fingerprint density at radius 2 is 1.95 bits per heavy atom. The van der Waals surface area contributed by atoms with Crippen LogP contribution in [0.4, 0.5) is 0 Å². The summed E-state index contributed by atoms with van der Waals surface area (Å²) in [6.07, 6.45) is 0. The lowest BCUT2D eigenvalue weighted by molar-refractivity contribution is 1.28. The summed E-state index contributed by atoms with van der Waals surface area (Å²) in [5.74, 6) is 0.924. The fourth-order valence-electron chi connectivity index (χ4n) is 1.69. The Bertz CT molecular complexity index is 691. The molecular weight excluding hydrogens is 406 g/mol. The maximum absolute atomic E-state index is 4.63. The van der Waals surface area contributed by atoms with E-state index in [-0.39, 0.29) is 0 Å². The molecule has 1 aromatic heterocycles. The summed E-state index contributed by atoms with van der Waals surface area (Å²) in [5.41, 5.74) is 2.37. The minimum Gasteiger partial charge on any atom is -0.230 e. The number of para-hydroxylation sites is 1. The third-order valence-electron chi connectivity index (χ3n) is 2.64. The lowest BCUT2D eigenvalue weighted by Crippen LogP contribution is -1.82. The summed E-state index contributed by atoms with van der Waals surface area (Å²) in [5, 5.41) is 0. The second-order valence-corrected chi connectivity index (χ2v) is 8.00. The highest BCUT2D eigenvalue weighted by Crippen LogP contribution is 2.33. The Hall–Kier alpha value is -0.360. The van der Waals surface area contributed by atoms with Crippen LogP contribution in [-0.4, -0.2) is 4.98 Å². The molecule has 0 bridgehead atoms. The van der Waals surface area contributed by atoms with Crippen molar-refractivity contribution in [2.75, 3.05) is 0 Å². The van der Waals surface area contributed by atoms with Crippen molar-refractivity contribution in [1.82, 2.24) is 4.98 Å². The van der Waals surface area contributed by atoms with Crippen LogP contribution in [-0.2, 0) is 5.75 Å². The molecule has 96 valence electrons. The van der Waals surface area contributed by atoms with E-state index < -0.39 is 0 Å². The van der Waals surface area contributed by atoms with E-state index in [9.17, 15) is 0 Å². The fourth-order valence-corrected chi connectivity index (χ4v) is 5.14. The van der Waals surface area contributed by atoms with Gasteiger partial charge in [0.25, 0.3) is 0 Å². The third-order valence-corrected chi connectivity index (χ3v) is 6.10. The van der Waals surface area contributed by atoms with Crippen molar-refractivity contribution in [3.63, 3.8) is 0 Å². The minimum absolute atomic E-state index is 0.924. The van der Waals surface area contributed by atoms with Crippen molar-refractivity contribution in [3.8, 4) is 0 Å². The molecule has 2 aromatic carbocycles. The summed E-state index contributed by atoms with van der Waals surface area (Å²) in [6.45, 7) is 0. The van der Waals surface area contributed by atoms with Crippen molar-refractivity contribution in [2.45, 2.75) is 10.1 Å². The van der Waals surface area contributed by atoms with Gasteiger partial charge in [0, 0.05) is 14.7 Å². The normalized spacial score (nSPS) is 11.1. The number of hydrogen-bond acceptors (Lipinski definition) is 3. The van der Waals surface area contributed by atoms with Crippen molar-refractivity contribution in [3.05, 3.63) is 57.0 Å². The predicted molar refractivity (Wildman–Crippen MR) is 91.0 cm³/mol. The van der Waals surface area contributed by atoms with Crippen molar-refractivity contribution < 1.29 is 0 Å². The minimum atomic E-state index is 0.924. The van der Waals surface area contributed by atoms with E-state index >= 15 is 0 Å². The lowest BCUT2D eigenvalue weighted by atomic mass is 10.2. The number of nitrogens with zero attached hydrogens (tertiary/aromatic N) is 1. The second kappa shape index (κ2) is 5.95. The number of halogens is 2. The van der Waals surface area contributed by atoms with Crippen LogP contribution in [0.2, 0.25) is 0 Å². The van der Waals surface area contributed by atoms with Gasteiger partial charge in [-0.2, -0.15) is 0 Å². The van der Waals surface area contributed by atoms with Gasteiger partial charge in [-0.15, -0.1) is 11.3 Å². The number of thiazole rings is 1. The molecule has 0 radical (unpaired) electrons. The summed E-state index contributed by atoms with van der Waals surface area (Å²) in [7, 11) is 0. The Balaban J connectivity index is 1.78. The van der Waals surface area contributed by atoms with Gasteiger partial charge in [-0.05, 0) is 29.8 Å². The van der Waals surface area contributed by atoms with Crippen LogP contribution in [0.1, 0.15) is 5.56 Å². The zero-order valence-corrected chi connectivity index (χ0v) is 14.6. The summed E-state index contributed by atoms with van der Waals surface area (Å²) >= 11 is 10.6. The number of aromatic nitrogens is 1. The van der Waals surface area contributed by atoms with Crippen molar-refractivity contribution >= 4 is 65.2 Å². The Morgan fingerprint density at radius 3 is 2.74 bits per heavy atom. The lowest BCUT2D eigenvalue weighted by Gasteiger charge is -2.03. The first-order valence-electron chi connectivity index (χ1n) is 5.65. The van der Waals surface area contributed by atoms with Gasteiger partial charge in [-0.1, -0.05) is 61.8 Å². The van der Waals surface area contributed by atoms with Crippen LogP contribution in [0.25, 0.3) is 10.2 Å². The first kappa shape index (κ1) is 13.6. The molecule has 0 aliphatic heterocycles. The van der Waals surface area contributed by atoms with Crippen molar-refractivity contribution in [1.29, 1.82) is 0 Å². The molecule has 1 nitrogen and oxygen atoms in total. The van der Waals surface area contributed by atoms with Crippen LogP contribution < -0.4 is 0 Å². The smallest absolute Gasteiger partial charge is 0.151 e. The van der Waals surface area contributed by atoms with Gasteiger partial charge >= 0.3 is 0 Å². The van der Waals surface area contributed by atoms with Crippen LogP contribution >= 0.6 is 55.0 Å². The largest absolute Gasteiger partial charge is 0.230 e. The predicted octanol–water partition coefficient (Wildman–Crippen LogP) is 6.11. The quantitative estimate of drug-likeness (QED) is 0.479. The molecule has 19 heavy (non-hydrogen) atoms. The summed E-state index contributed by atoms with van der Waals surface area (Å²) < 4.78 is 4.60. The zero-order chi connectivity index (χ0) is 13.2. The van der Waals surface area contributed by atoms with Gasteiger partial charge in [-0.25, -0.2) is 4.98 Å². The van der Waals surface area contributed by atoms with E-state index in [1.54, 1.807) is 23.1 Å². The molecule has 3 aromatic rings. The van der Waals surface area contributed by atoms with Gasteiger partial charge in [-0.3, -0.25) is 0 Å². The van der Waals surface area contributed by atoms with Crippen LogP contribution in [0.15, 0.2) is 55.7 Å². The van der Waals surface area contributed by atoms with Gasteiger partial charge in [0.05, 0.1) is 10.2 Å². The second-order valence-electron chi connectivity index (χ2n) is 3.97. The molecule has 0 saturated carbocycles. The van der Waals surface area contributed by atoms with Gasteiger partial charge in [0.15, 0.2) is 4.34 Å². The Labute approximate surface area is 136 Å². The molecule has 0 amide bonds. The van der Waals surface area contributed by atoms with E-state index in [1.807, 2.05) is 6.07 Å². The molecule has 0 spiro atoms. The van der Waals surface area contributed by atoms with Crippen LogP contribution in [0, 0.1) is 0 Å². The topological polar surface area (TPSA) is 12.9 Å². The highest BCUT2D eigenvalue weighted by atomic mass is 79.9. The third kappa shape index (κ3) is 3.21. The molecule has 3 rings (SSSR count). The number of benzene rings is 2. The highest BCUT2D eigenvalue weighted by molar-refractivity contribution is 9.11. The van der Waals surface area contributed by atoms with Gasteiger partial charge in [0.1, 0.15) is 0 Å². The zero-order valence-electron chi connectivity index (χ0n) is 9.77. The molecule has 0 unspecified atom stereocenters. The number of thioether (sulfide) groups is 1. The van der Waals surface area contributed by atoms with Crippen LogP contribution in [0.3, 0.4) is 0 Å². The van der Waals surface area contributed by atoms with E-state index in [2.05, 4.69) is 73.2 Å². The Kier molecular flexibility index (Phi) is 4.27. The molecule has 0 atom stereocenters. The van der Waals surface area contributed by atoms with Gasteiger partial charge < -0.3 is 0 Å². The van der Waals surface area contributed by atoms with E-state index in [0.29, 0.717) is 0 Å². The maximum Gasteiger partial charge on any atom is 0.151 e. The molecule has 5 heteroatoms. The molecule has 0 fully saturated rings. The average Bonchev–Trinajstić information content (AvgIpc) is 2.80. The van der Waals surface area contributed by atoms with Gasteiger partial charge in [0.2, 0.25) is 0 Å². The van der Waals surface area contributed by atoms with Crippen molar-refractivity contribution in [2.24, 2.45) is 0 Å². The summed E-state index contributed by atoms with van der Waals surface area (Å²) in [6, 6.07) is 14.5.